The van der Waals surface area contributed by atoms with Crippen LogP contribution in [0.4, 0.5) is 0 Å². The van der Waals surface area contributed by atoms with Crippen molar-refractivity contribution in [1.82, 2.24) is 19.7 Å². The second kappa shape index (κ2) is 4.22. The van der Waals surface area contributed by atoms with Crippen LogP contribution in [-0.4, -0.2) is 19.7 Å². The van der Waals surface area contributed by atoms with Crippen LogP contribution in [0.5, 0.6) is 0 Å². The summed E-state index contributed by atoms with van der Waals surface area (Å²) in [4.78, 5) is 8.31. The van der Waals surface area contributed by atoms with Crippen molar-refractivity contribution in [1.29, 1.82) is 0 Å². The molecule has 0 atom stereocenters. The van der Waals surface area contributed by atoms with E-state index in [4.69, 9.17) is 11.6 Å². The summed E-state index contributed by atoms with van der Waals surface area (Å²) in [6.45, 7) is 0. The third kappa shape index (κ3) is 2.03. The van der Waals surface area contributed by atoms with Gasteiger partial charge in [-0.2, -0.15) is 5.10 Å². The molecular weight excluding hydrogens is 314 g/mol. The summed E-state index contributed by atoms with van der Waals surface area (Å²) in [6.07, 6.45) is 6.94. The van der Waals surface area contributed by atoms with Gasteiger partial charge in [0.1, 0.15) is 0 Å². The van der Waals surface area contributed by atoms with Crippen molar-refractivity contribution >= 4 is 34.2 Å². The molecule has 0 aliphatic heterocycles. The Hall–Kier alpha value is -0.690. The van der Waals surface area contributed by atoms with Crippen LogP contribution < -0.4 is 0 Å². The summed E-state index contributed by atoms with van der Waals surface area (Å²) in [7, 11) is 0. The van der Waals surface area contributed by atoms with Crippen LogP contribution in [0.25, 0.3) is 5.82 Å². The van der Waals surface area contributed by atoms with Crippen molar-refractivity contribution in [2.24, 2.45) is 0 Å². The Morgan fingerprint density at radius 1 is 1.29 bits per heavy atom. The fraction of sp³-hybridized carbons (Fsp3) is 0.125. The monoisotopic (exact) mass is 320 g/mol. The Morgan fingerprint density at radius 2 is 2.14 bits per heavy atom. The topological polar surface area (TPSA) is 43.6 Å². The van der Waals surface area contributed by atoms with Gasteiger partial charge in [0.2, 0.25) is 0 Å². The largest absolute Gasteiger partial charge is 0.254 e. The SMILES string of the molecule is ClCc1cnc(-n2cc(I)cn2)cn1. The summed E-state index contributed by atoms with van der Waals surface area (Å²) < 4.78 is 2.73. The van der Waals surface area contributed by atoms with E-state index < -0.39 is 0 Å². The summed E-state index contributed by atoms with van der Waals surface area (Å²) in [6, 6.07) is 0. The number of halogens is 2. The highest BCUT2D eigenvalue weighted by Gasteiger charge is 2.00. The predicted octanol–water partition coefficient (Wildman–Crippen LogP) is 2.01. The molecule has 0 aliphatic carbocycles. The van der Waals surface area contributed by atoms with Gasteiger partial charge in [-0.15, -0.1) is 11.6 Å². The van der Waals surface area contributed by atoms with Crippen LogP contribution in [0.1, 0.15) is 5.69 Å². The zero-order chi connectivity index (χ0) is 9.97. The molecular formula is C8H6ClIN4. The number of alkyl halides is 1. The van der Waals surface area contributed by atoms with Gasteiger partial charge in [0.15, 0.2) is 5.82 Å². The lowest BCUT2D eigenvalue weighted by atomic mass is 10.5. The molecule has 0 bridgehead atoms. The molecule has 0 saturated carbocycles. The van der Waals surface area contributed by atoms with Crippen LogP contribution in [0.15, 0.2) is 24.8 Å². The molecule has 0 aromatic carbocycles. The van der Waals surface area contributed by atoms with Gasteiger partial charge in [-0.1, -0.05) is 0 Å². The van der Waals surface area contributed by atoms with Crippen LogP contribution in [0, 0.1) is 3.57 Å². The van der Waals surface area contributed by atoms with Crippen molar-refractivity contribution < 1.29 is 0 Å². The van der Waals surface area contributed by atoms with E-state index in [0.29, 0.717) is 11.7 Å². The molecule has 0 aliphatic rings. The third-order valence-corrected chi connectivity index (χ3v) is 2.45. The minimum Gasteiger partial charge on any atom is -0.254 e. The molecule has 4 nitrogen and oxygen atoms in total. The van der Waals surface area contributed by atoms with Crippen molar-refractivity contribution in [2.45, 2.75) is 5.88 Å². The summed E-state index contributed by atoms with van der Waals surface area (Å²) in [5.41, 5.74) is 0.761. The van der Waals surface area contributed by atoms with Crippen LogP contribution in [0.2, 0.25) is 0 Å². The molecule has 2 heterocycles. The van der Waals surface area contributed by atoms with E-state index >= 15 is 0 Å². The molecule has 6 heteroatoms. The normalized spacial score (nSPS) is 10.4. The number of rotatable bonds is 2. The van der Waals surface area contributed by atoms with E-state index in [9.17, 15) is 0 Å². The number of nitrogens with zero attached hydrogens (tertiary/aromatic N) is 4. The van der Waals surface area contributed by atoms with E-state index in [1.165, 1.54) is 0 Å². The molecule has 0 spiro atoms. The maximum atomic E-state index is 5.60. The fourth-order valence-corrected chi connectivity index (χ4v) is 1.49. The first-order chi connectivity index (χ1) is 6.79. The zero-order valence-corrected chi connectivity index (χ0v) is 9.97. The molecule has 0 amide bonds. The Morgan fingerprint density at radius 3 is 2.64 bits per heavy atom. The summed E-state index contributed by atoms with van der Waals surface area (Å²) in [5, 5.41) is 4.12. The summed E-state index contributed by atoms with van der Waals surface area (Å²) in [5.74, 6) is 1.07. The van der Waals surface area contributed by atoms with Gasteiger partial charge in [-0.25, -0.2) is 9.67 Å². The standard InChI is InChI=1S/C8H6ClIN4/c9-1-7-3-12-8(4-11-7)14-5-6(10)2-13-14/h2-5H,1H2. The van der Waals surface area contributed by atoms with Crippen LogP contribution in [-0.2, 0) is 5.88 Å². The lowest BCUT2D eigenvalue weighted by Crippen LogP contribution is -1.99. The lowest BCUT2D eigenvalue weighted by Gasteiger charge is -1.99. The van der Waals surface area contributed by atoms with Gasteiger partial charge in [0.25, 0.3) is 0 Å². The molecule has 2 rings (SSSR count). The molecule has 14 heavy (non-hydrogen) atoms. The quantitative estimate of drug-likeness (QED) is 0.628. The number of aromatic nitrogens is 4. The fourth-order valence-electron chi connectivity index (χ4n) is 0.961. The highest BCUT2D eigenvalue weighted by atomic mass is 127. The maximum Gasteiger partial charge on any atom is 0.171 e. The van der Waals surface area contributed by atoms with Crippen LogP contribution in [0.3, 0.4) is 0 Å². The molecule has 0 unspecified atom stereocenters. The number of hydrogen-bond donors (Lipinski definition) is 0. The van der Waals surface area contributed by atoms with Crippen LogP contribution >= 0.6 is 34.2 Å². The molecule has 2 aromatic heterocycles. The molecule has 2 aromatic rings. The second-order valence-corrected chi connectivity index (χ2v) is 4.12. The Bertz CT molecular complexity index is 425. The average molecular weight is 321 g/mol. The second-order valence-electron chi connectivity index (χ2n) is 2.60. The van der Waals surface area contributed by atoms with Gasteiger partial charge in [-0.3, -0.25) is 4.98 Å². The van der Waals surface area contributed by atoms with E-state index in [0.717, 1.165) is 9.26 Å². The highest BCUT2D eigenvalue weighted by Crippen LogP contribution is 2.07. The van der Waals surface area contributed by atoms with Gasteiger partial charge in [-0.05, 0) is 22.6 Å². The van der Waals surface area contributed by atoms with E-state index in [1.807, 2.05) is 6.20 Å². The molecule has 0 fully saturated rings. The van der Waals surface area contributed by atoms with Crippen molar-refractivity contribution in [3.05, 3.63) is 34.1 Å². The summed E-state index contributed by atoms with van der Waals surface area (Å²) >= 11 is 7.79. The highest BCUT2D eigenvalue weighted by molar-refractivity contribution is 14.1. The van der Waals surface area contributed by atoms with Gasteiger partial charge < -0.3 is 0 Å². The van der Waals surface area contributed by atoms with Gasteiger partial charge in [0, 0.05) is 6.20 Å². The first kappa shape index (κ1) is 9.85. The Balaban J connectivity index is 2.33. The molecule has 0 N–H and O–H groups in total. The Kier molecular flexibility index (Phi) is 2.97. The van der Waals surface area contributed by atoms with E-state index in [-0.39, 0.29) is 0 Å². The van der Waals surface area contributed by atoms with Crippen molar-refractivity contribution in [3.63, 3.8) is 0 Å². The van der Waals surface area contributed by atoms with Gasteiger partial charge >= 0.3 is 0 Å². The maximum absolute atomic E-state index is 5.60. The van der Waals surface area contributed by atoms with Gasteiger partial charge in [0.05, 0.1) is 33.7 Å². The van der Waals surface area contributed by atoms with E-state index in [2.05, 4.69) is 37.7 Å². The molecule has 72 valence electrons. The molecule has 0 radical (unpaired) electrons. The first-order valence-electron chi connectivity index (χ1n) is 3.87. The smallest absolute Gasteiger partial charge is 0.171 e. The van der Waals surface area contributed by atoms with Crippen molar-refractivity contribution in [3.8, 4) is 5.82 Å². The van der Waals surface area contributed by atoms with E-state index in [1.54, 1.807) is 23.3 Å². The third-order valence-electron chi connectivity index (χ3n) is 1.61. The lowest BCUT2D eigenvalue weighted by molar-refractivity contribution is 0.832. The zero-order valence-electron chi connectivity index (χ0n) is 7.06. The first-order valence-corrected chi connectivity index (χ1v) is 5.48. The minimum absolute atomic E-state index is 0.379. The number of hydrogen-bond acceptors (Lipinski definition) is 3. The Labute approximate surface area is 99.5 Å². The predicted molar refractivity (Wildman–Crippen MR) is 61.4 cm³/mol. The minimum atomic E-state index is 0.379. The van der Waals surface area contributed by atoms with Crippen molar-refractivity contribution in [2.75, 3.05) is 0 Å². The molecule has 0 saturated heterocycles. The average Bonchev–Trinajstić information content (AvgIpc) is 2.65.